The zero-order chi connectivity index (χ0) is 11.3. The van der Waals surface area contributed by atoms with E-state index in [0.29, 0.717) is 17.5 Å². The Morgan fingerprint density at radius 1 is 1.53 bits per heavy atom. The van der Waals surface area contributed by atoms with E-state index in [9.17, 15) is 9.59 Å². The number of carbonyl (C=O) groups excluding carboxylic acids is 1. The Bertz CT molecular complexity index is 455. The van der Waals surface area contributed by atoms with Gasteiger partial charge in [-0.2, -0.15) is 0 Å². The van der Waals surface area contributed by atoms with Gasteiger partial charge in [-0.1, -0.05) is 11.8 Å². The van der Waals surface area contributed by atoms with Crippen LogP contribution in [0.2, 0.25) is 0 Å². The van der Waals surface area contributed by atoms with Gasteiger partial charge in [0.05, 0.1) is 12.0 Å². The Morgan fingerprint density at radius 3 is 2.80 bits per heavy atom. The zero-order valence-electron chi connectivity index (χ0n) is 7.86. The summed E-state index contributed by atoms with van der Waals surface area (Å²) < 4.78 is 0. The third-order valence-corrected chi connectivity index (χ3v) is 1.71. The van der Waals surface area contributed by atoms with Crippen molar-refractivity contribution in [2.75, 3.05) is 5.73 Å². The van der Waals surface area contributed by atoms with Crippen molar-refractivity contribution in [2.24, 2.45) is 0 Å². The summed E-state index contributed by atoms with van der Waals surface area (Å²) in [5.74, 6) is 4.24. The lowest BCUT2D eigenvalue weighted by Crippen LogP contribution is -1.99. The molecule has 0 aliphatic carbocycles. The molecule has 0 spiro atoms. The summed E-state index contributed by atoms with van der Waals surface area (Å²) in [6.45, 7) is 0. The van der Waals surface area contributed by atoms with Crippen LogP contribution in [-0.2, 0) is 4.79 Å². The first-order valence-corrected chi connectivity index (χ1v) is 4.20. The lowest BCUT2D eigenvalue weighted by atomic mass is 10.1. The molecule has 0 radical (unpaired) electrons. The van der Waals surface area contributed by atoms with Crippen molar-refractivity contribution in [1.82, 2.24) is 0 Å². The van der Waals surface area contributed by atoms with Gasteiger partial charge in [-0.3, -0.25) is 0 Å². The number of nitrogen functional groups attached to an aromatic ring is 1. The number of rotatable bonds is 2. The molecule has 0 fully saturated rings. The maximum atomic E-state index is 10.6. The second-order valence-corrected chi connectivity index (χ2v) is 2.78. The number of hydrogen-bond donors (Lipinski definition) is 2. The van der Waals surface area contributed by atoms with Gasteiger partial charge >= 0.3 is 5.97 Å². The first kappa shape index (κ1) is 10.8. The number of benzene rings is 1. The van der Waals surface area contributed by atoms with Crippen molar-refractivity contribution in [1.29, 1.82) is 0 Å². The molecule has 1 aromatic rings. The Balaban J connectivity index is 2.99. The lowest BCUT2D eigenvalue weighted by molar-refractivity contribution is -0.107. The summed E-state index contributed by atoms with van der Waals surface area (Å²) in [7, 11) is 0. The molecule has 0 aromatic heterocycles. The number of anilines is 1. The summed E-state index contributed by atoms with van der Waals surface area (Å²) in [5.41, 5.74) is 6.53. The molecule has 0 amide bonds. The van der Waals surface area contributed by atoms with Gasteiger partial charge in [0.2, 0.25) is 0 Å². The van der Waals surface area contributed by atoms with E-state index < -0.39 is 5.97 Å². The largest absolute Gasteiger partial charge is 0.478 e. The number of nitrogens with two attached hydrogens (primary N) is 1. The second-order valence-electron chi connectivity index (χ2n) is 2.78. The minimum absolute atomic E-state index is 0.119. The highest BCUT2D eigenvalue weighted by Gasteiger charge is 2.04. The van der Waals surface area contributed by atoms with Crippen molar-refractivity contribution < 1.29 is 14.7 Å². The SMILES string of the molecule is Nc1cc(C(=O)O)ccc1C#CCC=O. The van der Waals surface area contributed by atoms with Crippen LogP contribution in [0.4, 0.5) is 5.69 Å². The Labute approximate surface area is 86.7 Å². The fourth-order valence-electron chi connectivity index (χ4n) is 0.998. The third kappa shape index (κ3) is 2.85. The topological polar surface area (TPSA) is 80.4 Å². The predicted octanol–water partition coefficient (Wildman–Crippen LogP) is 0.907. The van der Waals surface area contributed by atoms with E-state index >= 15 is 0 Å². The first-order chi connectivity index (χ1) is 7.15. The van der Waals surface area contributed by atoms with E-state index in [1.54, 1.807) is 0 Å². The summed E-state index contributed by atoms with van der Waals surface area (Å²) >= 11 is 0. The van der Waals surface area contributed by atoms with Crippen LogP contribution in [0.5, 0.6) is 0 Å². The molecule has 3 N–H and O–H groups in total. The molecule has 0 aliphatic heterocycles. The quantitative estimate of drug-likeness (QED) is 0.425. The van der Waals surface area contributed by atoms with Gasteiger partial charge < -0.3 is 15.6 Å². The van der Waals surface area contributed by atoms with Crippen LogP contribution in [-0.4, -0.2) is 17.4 Å². The van der Waals surface area contributed by atoms with E-state index in [4.69, 9.17) is 10.8 Å². The average molecular weight is 203 g/mol. The van der Waals surface area contributed by atoms with Gasteiger partial charge in [-0.25, -0.2) is 4.79 Å². The summed E-state index contributed by atoms with van der Waals surface area (Å²) in [6.07, 6.45) is 0.828. The van der Waals surface area contributed by atoms with Gasteiger partial charge in [0.1, 0.15) is 6.29 Å². The van der Waals surface area contributed by atoms with Crippen molar-refractivity contribution in [3.8, 4) is 11.8 Å². The van der Waals surface area contributed by atoms with Crippen LogP contribution in [0.3, 0.4) is 0 Å². The van der Waals surface area contributed by atoms with Gasteiger partial charge in [0.25, 0.3) is 0 Å². The fourth-order valence-corrected chi connectivity index (χ4v) is 0.998. The highest BCUT2D eigenvalue weighted by Crippen LogP contribution is 2.13. The van der Waals surface area contributed by atoms with Gasteiger partial charge in [0.15, 0.2) is 0 Å². The average Bonchev–Trinajstić information content (AvgIpc) is 2.20. The first-order valence-electron chi connectivity index (χ1n) is 4.20. The molecule has 0 bridgehead atoms. The van der Waals surface area contributed by atoms with Gasteiger partial charge in [-0.05, 0) is 18.2 Å². The van der Waals surface area contributed by atoms with Crippen molar-refractivity contribution >= 4 is 17.9 Å². The number of hydrogen-bond acceptors (Lipinski definition) is 3. The Kier molecular flexibility index (Phi) is 3.47. The highest BCUT2D eigenvalue weighted by molar-refractivity contribution is 5.89. The molecule has 0 aliphatic rings. The van der Waals surface area contributed by atoms with Crippen LogP contribution in [0.15, 0.2) is 18.2 Å². The van der Waals surface area contributed by atoms with Gasteiger partial charge in [0, 0.05) is 11.3 Å². The Morgan fingerprint density at radius 2 is 2.27 bits per heavy atom. The minimum atomic E-state index is -1.03. The molecule has 0 saturated carbocycles. The molecule has 0 atom stereocenters. The monoisotopic (exact) mass is 203 g/mol. The highest BCUT2D eigenvalue weighted by atomic mass is 16.4. The number of carbonyl (C=O) groups is 2. The lowest BCUT2D eigenvalue weighted by Gasteiger charge is -1.99. The molecule has 15 heavy (non-hydrogen) atoms. The van der Waals surface area contributed by atoms with Crippen LogP contribution in [0.25, 0.3) is 0 Å². The van der Waals surface area contributed by atoms with E-state index in [-0.39, 0.29) is 12.0 Å². The van der Waals surface area contributed by atoms with E-state index in [0.717, 1.165) is 0 Å². The molecule has 0 heterocycles. The van der Waals surface area contributed by atoms with E-state index in [1.807, 2.05) is 0 Å². The Hall–Kier alpha value is -2.28. The molecule has 1 aromatic carbocycles. The molecule has 0 unspecified atom stereocenters. The molecular weight excluding hydrogens is 194 g/mol. The molecule has 4 heteroatoms. The maximum absolute atomic E-state index is 10.6. The van der Waals surface area contributed by atoms with E-state index in [2.05, 4.69) is 11.8 Å². The van der Waals surface area contributed by atoms with Crippen molar-refractivity contribution in [3.05, 3.63) is 29.3 Å². The molecular formula is C11H9NO3. The smallest absolute Gasteiger partial charge is 0.335 e. The fraction of sp³-hybridized carbons (Fsp3) is 0.0909. The van der Waals surface area contributed by atoms with Crippen LogP contribution in [0.1, 0.15) is 22.3 Å². The molecule has 1 rings (SSSR count). The van der Waals surface area contributed by atoms with Gasteiger partial charge in [-0.15, -0.1) is 0 Å². The molecule has 76 valence electrons. The number of aromatic carboxylic acids is 1. The molecule has 0 saturated heterocycles. The number of carboxylic acids is 1. The van der Waals surface area contributed by atoms with Crippen LogP contribution < -0.4 is 5.73 Å². The third-order valence-electron chi connectivity index (χ3n) is 1.71. The van der Waals surface area contributed by atoms with Crippen molar-refractivity contribution in [2.45, 2.75) is 6.42 Å². The molecule has 4 nitrogen and oxygen atoms in total. The van der Waals surface area contributed by atoms with E-state index in [1.165, 1.54) is 18.2 Å². The maximum Gasteiger partial charge on any atom is 0.335 e. The van der Waals surface area contributed by atoms with Crippen LogP contribution in [0, 0.1) is 11.8 Å². The normalized spacial score (nSPS) is 8.80. The number of carboxylic acid groups (broad SMARTS) is 1. The predicted molar refractivity (Wildman–Crippen MR) is 55.4 cm³/mol. The number of aldehydes is 1. The zero-order valence-corrected chi connectivity index (χ0v) is 7.86. The summed E-state index contributed by atoms with van der Waals surface area (Å²) in [4.78, 5) is 20.6. The standard InChI is InChI=1S/C11H9NO3/c12-10-7-9(11(14)15)5-4-8(10)3-1-2-6-13/h4-7H,2,12H2,(H,14,15). The summed E-state index contributed by atoms with van der Waals surface area (Å²) in [5, 5.41) is 8.68. The van der Waals surface area contributed by atoms with Crippen LogP contribution >= 0.6 is 0 Å². The summed E-state index contributed by atoms with van der Waals surface area (Å²) in [6, 6.07) is 4.29. The minimum Gasteiger partial charge on any atom is -0.478 e. The van der Waals surface area contributed by atoms with Crippen molar-refractivity contribution in [3.63, 3.8) is 0 Å². The second kappa shape index (κ2) is 4.82.